The Morgan fingerprint density at radius 1 is 1.10 bits per heavy atom. The number of amides is 1. The third-order valence-corrected chi connectivity index (χ3v) is 3.81. The maximum atomic E-state index is 11.5. The summed E-state index contributed by atoms with van der Waals surface area (Å²) >= 11 is 0. The molecule has 0 unspecified atom stereocenters. The molecule has 0 radical (unpaired) electrons. The Bertz CT molecular complexity index is 609. The molecule has 1 amide bonds. The predicted molar refractivity (Wildman–Crippen MR) is 80.1 cm³/mol. The molecular formula is C17H18N2O. The number of nitrogens with zero attached hydrogens (tertiary/aromatic N) is 1. The van der Waals surface area contributed by atoms with Gasteiger partial charge in [0.05, 0.1) is 12.7 Å². The Kier molecular flexibility index (Phi) is 3.52. The molecule has 2 aromatic rings. The highest BCUT2D eigenvalue weighted by molar-refractivity contribution is 5.80. The van der Waals surface area contributed by atoms with E-state index in [1.807, 2.05) is 25.2 Å². The van der Waals surface area contributed by atoms with Gasteiger partial charge in [-0.15, -0.1) is 0 Å². The van der Waals surface area contributed by atoms with Gasteiger partial charge in [0.15, 0.2) is 0 Å². The molecule has 0 saturated carbocycles. The Labute approximate surface area is 119 Å². The summed E-state index contributed by atoms with van der Waals surface area (Å²) in [5, 5.41) is 3.24. The second-order valence-corrected chi connectivity index (χ2v) is 5.17. The molecule has 0 aliphatic carbocycles. The van der Waals surface area contributed by atoms with E-state index >= 15 is 0 Å². The molecule has 1 aliphatic heterocycles. The number of nitrogens with one attached hydrogen (secondary N) is 1. The number of rotatable bonds is 3. The summed E-state index contributed by atoms with van der Waals surface area (Å²) in [6.45, 7) is 0.444. The topological polar surface area (TPSA) is 32.3 Å². The zero-order valence-electron chi connectivity index (χ0n) is 11.5. The third kappa shape index (κ3) is 2.58. The highest BCUT2D eigenvalue weighted by atomic mass is 16.2. The molecule has 1 heterocycles. The molecule has 0 spiro atoms. The van der Waals surface area contributed by atoms with Gasteiger partial charge in [-0.25, -0.2) is 0 Å². The molecule has 3 heteroatoms. The Balaban J connectivity index is 1.80. The van der Waals surface area contributed by atoms with Crippen LogP contribution < -0.4 is 5.32 Å². The van der Waals surface area contributed by atoms with Crippen molar-refractivity contribution in [3.8, 4) is 11.1 Å². The fraction of sp³-hybridized carbons (Fsp3) is 0.235. The van der Waals surface area contributed by atoms with E-state index < -0.39 is 0 Å². The van der Waals surface area contributed by atoms with E-state index in [9.17, 15) is 4.79 Å². The lowest BCUT2D eigenvalue weighted by atomic mass is 10.0. The largest absolute Gasteiger partial charge is 0.329 e. The average Bonchev–Trinajstić information content (AvgIpc) is 2.81. The molecule has 1 N–H and O–H groups in total. The minimum atomic E-state index is 0.105. The normalized spacial score (nSPS) is 18.6. The molecule has 0 bridgehead atoms. The summed E-state index contributed by atoms with van der Waals surface area (Å²) < 4.78 is 0. The van der Waals surface area contributed by atoms with Crippen molar-refractivity contribution in [2.75, 3.05) is 13.6 Å². The van der Waals surface area contributed by atoms with Gasteiger partial charge in [0, 0.05) is 13.5 Å². The molecule has 1 saturated heterocycles. The Morgan fingerprint density at radius 3 is 2.55 bits per heavy atom. The second kappa shape index (κ2) is 5.47. The van der Waals surface area contributed by atoms with Crippen LogP contribution in [0.1, 0.15) is 5.56 Å². The molecule has 20 heavy (non-hydrogen) atoms. The molecule has 3 nitrogen and oxygen atoms in total. The lowest BCUT2D eigenvalue weighted by Crippen LogP contribution is -2.35. The van der Waals surface area contributed by atoms with Crippen LogP contribution in [0.25, 0.3) is 11.1 Å². The van der Waals surface area contributed by atoms with Crippen LogP contribution >= 0.6 is 0 Å². The fourth-order valence-corrected chi connectivity index (χ4v) is 2.58. The number of benzene rings is 2. The van der Waals surface area contributed by atoms with E-state index in [2.05, 4.69) is 41.7 Å². The number of carbonyl (C=O) groups is 1. The smallest absolute Gasteiger partial charge is 0.237 e. The van der Waals surface area contributed by atoms with Gasteiger partial charge in [0.2, 0.25) is 5.91 Å². The zero-order chi connectivity index (χ0) is 13.9. The first-order valence-electron chi connectivity index (χ1n) is 6.87. The molecule has 102 valence electrons. The van der Waals surface area contributed by atoms with Gasteiger partial charge in [-0.2, -0.15) is 0 Å². The molecule has 1 atom stereocenters. The molecular weight excluding hydrogens is 248 g/mol. The second-order valence-electron chi connectivity index (χ2n) is 5.17. The van der Waals surface area contributed by atoms with Crippen LogP contribution in [0.3, 0.4) is 0 Å². The van der Waals surface area contributed by atoms with Gasteiger partial charge in [-0.05, 0) is 16.7 Å². The maximum absolute atomic E-state index is 11.5. The van der Waals surface area contributed by atoms with Crippen LogP contribution in [0.15, 0.2) is 54.6 Å². The summed E-state index contributed by atoms with van der Waals surface area (Å²) in [4.78, 5) is 13.3. The van der Waals surface area contributed by atoms with Crippen molar-refractivity contribution in [2.24, 2.45) is 0 Å². The van der Waals surface area contributed by atoms with Gasteiger partial charge in [-0.3, -0.25) is 10.1 Å². The van der Waals surface area contributed by atoms with E-state index in [1.54, 1.807) is 4.90 Å². The summed E-state index contributed by atoms with van der Waals surface area (Å²) in [6.07, 6.45) is 0.941. The SMILES string of the molecule is CN1C(=O)CN[C@@H]1Cc1cccc(-c2ccccc2)c1. The van der Waals surface area contributed by atoms with E-state index in [4.69, 9.17) is 0 Å². The summed E-state index contributed by atoms with van der Waals surface area (Å²) in [5.41, 5.74) is 3.68. The van der Waals surface area contributed by atoms with Gasteiger partial charge in [0.25, 0.3) is 0 Å². The summed E-state index contributed by atoms with van der Waals surface area (Å²) in [5.74, 6) is 0.161. The van der Waals surface area contributed by atoms with Crippen LogP contribution in [-0.2, 0) is 11.2 Å². The van der Waals surface area contributed by atoms with Crippen molar-refractivity contribution in [1.82, 2.24) is 10.2 Å². The monoisotopic (exact) mass is 266 g/mol. The zero-order valence-corrected chi connectivity index (χ0v) is 11.5. The quantitative estimate of drug-likeness (QED) is 0.924. The van der Waals surface area contributed by atoms with E-state index in [0.717, 1.165) is 6.42 Å². The number of hydrogen-bond acceptors (Lipinski definition) is 2. The van der Waals surface area contributed by atoms with Crippen molar-refractivity contribution in [1.29, 1.82) is 0 Å². The van der Waals surface area contributed by atoms with Gasteiger partial charge < -0.3 is 4.90 Å². The average molecular weight is 266 g/mol. The molecule has 1 aliphatic rings. The molecule has 3 rings (SSSR count). The fourth-order valence-electron chi connectivity index (χ4n) is 2.58. The first kappa shape index (κ1) is 12.9. The van der Waals surface area contributed by atoms with Crippen molar-refractivity contribution >= 4 is 5.91 Å². The number of carbonyl (C=O) groups excluding carboxylic acids is 1. The van der Waals surface area contributed by atoms with Crippen molar-refractivity contribution in [3.63, 3.8) is 0 Å². The maximum Gasteiger partial charge on any atom is 0.237 e. The van der Waals surface area contributed by atoms with Gasteiger partial charge in [0.1, 0.15) is 0 Å². The van der Waals surface area contributed by atoms with Crippen LogP contribution in [0.2, 0.25) is 0 Å². The Hall–Kier alpha value is -2.13. The van der Waals surface area contributed by atoms with Crippen molar-refractivity contribution < 1.29 is 4.79 Å². The van der Waals surface area contributed by atoms with Crippen molar-refractivity contribution in [3.05, 3.63) is 60.2 Å². The highest BCUT2D eigenvalue weighted by Crippen LogP contribution is 2.21. The standard InChI is InChI=1S/C17H18N2O/c1-19-16(18-12-17(19)20)11-13-6-5-9-15(10-13)14-7-3-2-4-8-14/h2-10,16,18H,11-12H2,1H3/t16-/m0/s1. The van der Waals surface area contributed by atoms with Crippen molar-refractivity contribution in [2.45, 2.75) is 12.6 Å². The van der Waals surface area contributed by atoms with Crippen LogP contribution in [-0.4, -0.2) is 30.6 Å². The first-order chi connectivity index (χ1) is 9.74. The molecule has 0 aromatic heterocycles. The third-order valence-electron chi connectivity index (χ3n) is 3.81. The van der Waals surface area contributed by atoms with Crippen LogP contribution in [0.5, 0.6) is 0 Å². The highest BCUT2D eigenvalue weighted by Gasteiger charge is 2.26. The lowest BCUT2D eigenvalue weighted by Gasteiger charge is -2.19. The lowest BCUT2D eigenvalue weighted by molar-refractivity contribution is -0.126. The van der Waals surface area contributed by atoms with E-state index in [-0.39, 0.29) is 12.1 Å². The van der Waals surface area contributed by atoms with Crippen LogP contribution in [0.4, 0.5) is 0 Å². The van der Waals surface area contributed by atoms with E-state index in [1.165, 1.54) is 16.7 Å². The Morgan fingerprint density at radius 2 is 1.85 bits per heavy atom. The summed E-state index contributed by atoms with van der Waals surface area (Å²) in [6, 6.07) is 18.9. The first-order valence-corrected chi connectivity index (χ1v) is 6.87. The van der Waals surface area contributed by atoms with Gasteiger partial charge in [-0.1, -0.05) is 54.6 Å². The minimum Gasteiger partial charge on any atom is -0.329 e. The molecule has 1 fully saturated rings. The van der Waals surface area contributed by atoms with Crippen LogP contribution in [0, 0.1) is 0 Å². The molecule has 2 aromatic carbocycles. The predicted octanol–water partition coefficient (Wildman–Crippen LogP) is 2.28. The van der Waals surface area contributed by atoms with Gasteiger partial charge >= 0.3 is 0 Å². The minimum absolute atomic E-state index is 0.105. The number of hydrogen-bond donors (Lipinski definition) is 1. The van der Waals surface area contributed by atoms with E-state index in [0.29, 0.717) is 6.54 Å². The number of likely N-dealkylation sites (N-methyl/N-ethyl adjacent to an activating group) is 1. The summed E-state index contributed by atoms with van der Waals surface area (Å²) in [7, 11) is 1.86.